The number of hydrogen-bond acceptors (Lipinski definition) is 6. The lowest BCUT2D eigenvalue weighted by Crippen LogP contribution is -2.11. The highest BCUT2D eigenvalue weighted by Crippen LogP contribution is 2.38. The van der Waals surface area contributed by atoms with Crippen LogP contribution in [0.3, 0.4) is 0 Å². The number of nitrogens with zero attached hydrogens (tertiary/aromatic N) is 4. The second-order valence-corrected chi connectivity index (χ2v) is 8.23. The summed E-state index contributed by atoms with van der Waals surface area (Å²) in [5, 5.41) is 20.3. The largest absolute Gasteiger partial charge is 0.495 e. The average molecular weight is 433 g/mol. The average Bonchev–Trinajstić information content (AvgIpc) is 3.03. The number of hydrogen-bond donors (Lipinski definition) is 0. The van der Waals surface area contributed by atoms with Gasteiger partial charge in [-0.05, 0) is 61.7 Å². The van der Waals surface area contributed by atoms with Gasteiger partial charge in [-0.2, -0.15) is 0 Å². The van der Waals surface area contributed by atoms with Crippen LogP contribution >= 0.6 is 23.4 Å². The van der Waals surface area contributed by atoms with E-state index in [1.54, 1.807) is 18.2 Å². The number of aryl methyl sites for hydroxylation is 3. The van der Waals surface area contributed by atoms with Crippen LogP contribution in [0.5, 0.6) is 5.75 Å². The highest BCUT2D eigenvalue weighted by Gasteiger charge is 2.24. The Bertz CT molecular complexity index is 1050. The molecule has 3 aromatic rings. The van der Waals surface area contributed by atoms with Gasteiger partial charge < -0.3 is 4.74 Å². The van der Waals surface area contributed by atoms with Gasteiger partial charge in [-0.15, -0.1) is 10.2 Å². The van der Waals surface area contributed by atoms with E-state index < -0.39 is 5.25 Å². The van der Waals surface area contributed by atoms with Gasteiger partial charge in [0, 0.05) is 10.6 Å². The summed E-state index contributed by atoms with van der Waals surface area (Å²) >= 11 is 7.53. The number of nitro groups is 1. The van der Waals surface area contributed by atoms with Crippen LogP contribution in [0.25, 0.3) is 5.69 Å². The summed E-state index contributed by atoms with van der Waals surface area (Å²) in [5.41, 5.74) is 3.98. The van der Waals surface area contributed by atoms with Gasteiger partial charge in [-0.1, -0.05) is 35.5 Å². The molecule has 0 unspecified atom stereocenters. The minimum absolute atomic E-state index is 0.272. The molecule has 0 spiro atoms. The maximum atomic E-state index is 11.3. The van der Waals surface area contributed by atoms with E-state index in [-0.39, 0.29) is 11.5 Å². The zero-order valence-corrected chi connectivity index (χ0v) is 18.1. The Hall–Kier alpha value is -2.58. The van der Waals surface area contributed by atoms with Gasteiger partial charge in [0.2, 0.25) is 6.54 Å². The van der Waals surface area contributed by atoms with Crippen molar-refractivity contribution in [3.63, 3.8) is 0 Å². The normalized spacial score (nSPS) is 12.0. The fourth-order valence-electron chi connectivity index (χ4n) is 2.94. The van der Waals surface area contributed by atoms with Crippen molar-refractivity contribution >= 4 is 23.4 Å². The fraction of sp³-hybridized carbons (Fsp3) is 0.300. The zero-order valence-electron chi connectivity index (χ0n) is 16.5. The molecule has 0 aliphatic heterocycles. The Balaban J connectivity index is 2.00. The molecule has 2 aromatic carbocycles. The van der Waals surface area contributed by atoms with Gasteiger partial charge in [0.15, 0.2) is 5.16 Å². The molecule has 0 bridgehead atoms. The maximum absolute atomic E-state index is 11.3. The number of rotatable bonds is 7. The van der Waals surface area contributed by atoms with Gasteiger partial charge >= 0.3 is 0 Å². The molecule has 0 amide bonds. The molecule has 29 heavy (non-hydrogen) atoms. The summed E-state index contributed by atoms with van der Waals surface area (Å²) < 4.78 is 7.09. The first kappa shape index (κ1) is 21.1. The Labute approximate surface area is 178 Å². The first-order valence-electron chi connectivity index (χ1n) is 8.91. The molecular formula is C20H21ClN4O3S. The Kier molecular flexibility index (Phi) is 6.44. The van der Waals surface area contributed by atoms with Crippen LogP contribution in [-0.4, -0.2) is 33.3 Å². The van der Waals surface area contributed by atoms with E-state index in [1.165, 1.54) is 24.4 Å². The van der Waals surface area contributed by atoms with Gasteiger partial charge in [0.25, 0.3) is 0 Å². The number of benzene rings is 2. The van der Waals surface area contributed by atoms with E-state index in [0.29, 0.717) is 21.8 Å². The minimum Gasteiger partial charge on any atom is -0.495 e. The first-order valence-corrected chi connectivity index (χ1v) is 10.2. The van der Waals surface area contributed by atoms with E-state index in [9.17, 15) is 10.1 Å². The van der Waals surface area contributed by atoms with Gasteiger partial charge in [0.1, 0.15) is 16.8 Å². The van der Waals surface area contributed by atoms with Crippen molar-refractivity contribution in [2.75, 3.05) is 13.7 Å². The van der Waals surface area contributed by atoms with E-state index in [1.807, 2.05) is 37.5 Å². The van der Waals surface area contributed by atoms with Crippen LogP contribution < -0.4 is 4.74 Å². The lowest BCUT2D eigenvalue weighted by atomic mass is 10.1. The third kappa shape index (κ3) is 4.71. The Morgan fingerprint density at radius 1 is 1.17 bits per heavy atom. The molecule has 0 aliphatic rings. The van der Waals surface area contributed by atoms with Gasteiger partial charge in [-0.25, -0.2) is 0 Å². The number of methoxy groups -OCH3 is 1. The predicted octanol–water partition coefficient (Wildman–Crippen LogP) is 4.96. The number of ether oxygens (including phenoxy) is 1. The molecule has 9 heteroatoms. The lowest BCUT2D eigenvalue weighted by molar-refractivity contribution is -0.479. The van der Waals surface area contributed by atoms with Crippen molar-refractivity contribution in [2.24, 2.45) is 0 Å². The molecule has 0 fully saturated rings. The Morgan fingerprint density at radius 3 is 2.55 bits per heavy atom. The van der Waals surface area contributed by atoms with Crippen molar-refractivity contribution in [1.82, 2.24) is 14.8 Å². The molecule has 7 nitrogen and oxygen atoms in total. The molecule has 0 saturated heterocycles. The van der Waals surface area contributed by atoms with Crippen LogP contribution in [-0.2, 0) is 0 Å². The zero-order chi connectivity index (χ0) is 21.1. The van der Waals surface area contributed by atoms with Crippen molar-refractivity contribution in [2.45, 2.75) is 31.2 Å². The number of thioether (sulfide) groups is 1. The maximum Gasteiger partial charge on any atom is 0.220 e. The molecular weight excluding hydrogens is 412 g/mol. The smallest absolute Gasteiger partial charge is 0.220 e. The molecule has 0 aliphatic carbocycles. The van der Waals surface area contributed by atoms with Crippen LogP contribution in [0.4, 0.5) is 0 Å². The highest BCUT2D eigenvalue weighted by atomic mass is 35.5. The fourth-order valence-corrected chi connectivity index (χ4v) is 4.37. The molecule has 0 N–H and O–H groups in total. The summed E-state index contributed by atoms with van der Waals surface area (Å²) in [7, 11) is 1.53. The summed E-state index contributed by atoms with van der Waals surface area (Å²) in [6, 6.07) is 11.3. The standard InChI is InChI=1S/C20H21ClN4O3S/c1-12-5-7-16(9-13(12)2)25-14(3)22-23-20(25)29-19(11-24(26)27)15-6-8-18(28-4)17(21)10-15/h5-10,19H,11H2,1-4H3/t19-/m1/s1. The molecule has 0 radical (unpaired) electrons. The summed E-state index contributed by atoms with van der Waals surface area (Å²) in [4.78, 5) is 11.0. The van der Waals surface area contributed by atoms with E-state index >= 15 is 0 Å². The van der Waals surface area contributed by atoms with Gasteiger partial charge in [-0.3, -0.25) is 14.7 Å². The molecule has 0 saturated carbocycles. The second kappa shape index (κ2) is 8.84. The third-order valence-electron chi connectivity index (χ3n) is 4.65. The molecule has 1 heterocycles. The monoisotopic (exact) mass is 432 g/mol. The Morgan fingerprint density at radius 2 is 1.93 bits per heavy atom. The summed E-state index contributed by atoms with van der Waals surface area (Å²) in [6.07, 6.45) is 0. The van der Waals surface area contributed by atoms with E-state index in [0.717, 1.165) is 16.8 Å². The summed E-state index contributed by atoms with van der Waals surface area (Å²) in [5.74, 6) is 1.23. The van der Waals surface area contributed by atoms with E-state index in [4.69, 9.17) is 16.3 Å². The van der Waals surface area contributed by atoms with Crippen LogP contribution in [0, 0.1) is 30.9 Å². The van der Waals surface area contributed by atoms with E-state index in [2.05, 4.69) is 16.3 Å². The molecule has 152 valence electrons. The molecule has 1 atom stereocenters. The SMILES string of the molecule is COc1ccc([C@@H](C[N+](=O)[O-])Sc2nnc(C)n2-c2ccc(C)c(C)c2)cc1Cl. The van der Waals surface area contributed by atoms with Crippen molar-refractivity contribution in [3.05, 3.63) is 74.0 Å². The van der Waals surface area contributed by atoms with Crippen LogP contribution in [0.1, 0.15) is 27.8 Å². The number of halogens is 1. The quantitative estimate of drug-likeness (QED) is 0.298. The topological polar surface area (TPSA) is 83.1 Å². The number of aromatic nitrogens is 3. The van der Waals surface area contributed by atoms with Gasteiger partial charge in [0.05, 0.1) is 12.1 Å². The predicted molar refractivity (Wildman–Crippen MR) is 114 cm³/mol. The summed E-state index contributed by atoms with van der Waals surface area (Å²) in [6.45, 7) is 5.68. The van der Waals surface area contributed by atoms with Crippen molar-refractivity contribution in [1.29, 1.82) is 0 Å². The molecule has 1 aromatic heterocycles. The van der Waals surface area contributed by atoms with Crippen molar-refractivity contribution < 1.29 is 9.66 Å². The van der Waals surface area contributed by atoms with Crippen molar-refractivity contribution in [3.8, 4) is 11.4 Å². The minimum atomic E-state index is -0.484. The molecule has 3 rings (SSSR count). The van der Waals surface area contributed by atoms with Crippen LogP contribution in [0.2, 0.25) is 5.02 Å². The highest BCUT2D eigenvalue weighted by molar-refractivity contribution is 7.99. The first-order chi connectivity index (χ1) is 13.8. The third-order valence-corrected chi connectivity index (χ3v) is 6.13. The lowest BCUT2D eigenvalue weighted by Gasteiger charge is -2.16. The van der Waals surface area contributed by atoms with Crippen LogP contribution in [0.15, 0.2) is 41.6 Å². The second-order valence-electron chi connectivity index (χ2n) is 6.65.